The summed E-state index contributed by atoms with van der Waals surface area (Å²) in [7, 11) is 5.64. The van der Waals surface area contributed by atoms with E-state index in [1.54, 1.807) is 7.11 Å². The summed E-state index contributed by atoms with van der Waals surface area (Å²) in [5, 5.41) is 9.31. The van der Waals surface area contributed by atoms with Gasteiger partial charge in [0.2, 0.25) is 0 Å². The van der Waals surface area contributed by atoms with E-state index in [9.17, 15) is 9.90 Å². The Morgan fingerprint density at radius 3 is 2.38 bits per heavy atom. The van der Waals surface area contributed by atoms with Crippen molar-refractivity contribution >= 4 is 28.9 Å². The molecule has 0 aliphatic heterocycles. The molecule has 0 unspecified atom stereocenters. The average molecular weight is 349 g/mol. The molecule has 1 aliphatic rings. The fourth-order valence-electron chi connectivity index (χ4n) is 3.30. The average Bonchev–Trinajstić information content (AvgIpc) is 2.87. The van der Waals surface area contributed by atoms with Gasteiger partial charge in [-0.05, 0) is 70.7 Å². The second-order valence-corrected chi connectivity index (χ2v) is 6.63. The molecule has 0 radical (unpaired) electrons. The highest BCUT2D eigenvalue weighted by Gasteiger charge is 2.25. The Hall–Kier alpha value is -3.01. The van der Waals surface area contributed by atoms with E-state index >= 15 is 0 Å². The van der Waals surface area contributed by atoms with Crippen LogP contribution in [-0.2, 0) is 4.79 Å². The van der Waals surface area contributed by atoms with Crippen LogP contribution in [0.15, 0.2) is 48.0 Å². The number of hydrogen-bond acceptors (Lipinski definition) is 3. The topological polar surface area (TPSA) is 49.8 Å². The van der Waals surface area contributed by atoms with E-state index in [0.717, 1.165) is 44.8 Å². The maximum atomic E-state index is 11.3. The number of carboxylic acids is 1. The highest BCUT2D eigenvalue weighted by Crippen LogP contribution is 2.44. The zero-order valence-electron chi connectivity index (χ0n) is 15.5. The Kier molecular flexibility index (Phi) is 4.85. The number of hydrogen-bond donors (Lipinski definition) is 1. The fourth-order valence-corrected chi connectivity index (χ4v) is 3.30. The van der Waals surface area contributed by atoms with Crippen LogP contribution in [0.4, 0.5) is 5.69 Å². The van der Waals surface area contributed by atoms with Gasteiger partial charge in [-0.15, -0.1) is 0 Å². The zero-order valence-corrected chi connectivity index (χ0v) is 15.5. The fraction of sp³-hybridized carbons (Fsp3) is 0.227. The summed E-state index contributed by atoms with van der Waals surface area (Å²) in [5.74, 6) is -0.0965. The lowest BCUT2D eigenvalue weighted by molar-refractivity contribution is -0.135. The van der Waals surface area contributed by atoms with Crippen LogP contribution in [0.2, 0.25) is 0 Å². The largest absolute Gasteiger partial charge is 0.497 e. The minimum Gasteiger partial charge on any atom is -0.497 e. The Labute approximate surface area is 154 Å². The number of ether oxygens (including phenoxy) is 1. The molecule has 0 aromatic heterocycles. The van der Waals surface area contributed by atoms with Gasteiger partial charge >= 0.3 is 5.97 Å². The molecule has 1 N–H and O–H groups in total. The third-order valence-corrected chi connectivity index (χ3v) is 4.75. The Morgan fingerprint density at radius 2 is 1.81 bits per heavy atom. The molecule has 0 spiro atoms. The van der Waals surface area contributed by atoms with Crippen LogP contribution in [0.5, 0.6) is 5.75 Å². The first-order valence-corrected chi connectivity index (χ1v) is 8.50. The van der Waals surface area contributed by atoms with Crippen LogP contribution in [0, 0.1) is 0 Å². The van der Waals surface area contributed by atoms with Crippen molar-refractivity contribution in [3.8, 4) is 5.75 Å². The van der Waals surface area contributed by atoms with Gasteiger partial charge in [-0.2, -0.15) is 0 Å². The molecular weight excluding hydrogens is 326 g/mol. The number of aliphatic carboxylic acids is 1. The SMILES string of the molecule is COc1ccc2c(c1)C(CC(=O)O)=C(C)C2=Cc1ccc(N(C)C)cc1. The number of carbonyl (C=O) groups is 1. The normalized spacial score (nSPS) is 14.5. The molecule has 0 saturated carbocycles. The molecule has 2 aromatic carbocycles. The van der Waals surface area contributed by atoms with E-state index in [4.69, 9.17) is 4.74 Å². The molecule has 4 nitrogen and oxygen atoms in total. The predicted octanol–water partition coefficient (Wildman–Crippen LogP) is 4.56. The van der Waals surface area contributed by atoms with Gasteiger partial charge in [-0.1, -0.05) is 18.2 Å². The molecule has 0 fully saturated rings. The highest BCUT2D eigenvalue weighted by atomic mass is 16.5. The first-order valence-electron chi connectivity index (χ1n) is 8.50. The summed E-state index contributed by atoms with van der Waals surface area (Å²) in [5.41, 5.74) is 7.15. The summed E-state index contributed by atoms with van der Waals surface area (Å²) in [6.45, 7) is 1.99. The molecule has 3 rings (SSSR count). The molecule has 1 aliphatic carbocycles. The minimum absolute atomic E-state index is 0.00289. The van der Waals surface area contributed by atoms with E-state index in [2.05, 4.69) is 35.2 Å². The molecule has 0 atom stereocenters. The van der Waals surface area contributed by atoms with E-state index in [0.29, 0.717) is 0 Å². The van der Waals surface area contributed by atoms with E-state index in [1.807, 2.05) is 39.2 Å². The van der Waals surface area contributed by atoms with Gasteiger partial charge in [0, 0.05) is 19.8 Å². The Bertz CT molecular complexity index is 905. The molecule has 26 heavy (non-hydrogen) atoms. The minimum atomic E-state index is -0.829. The van der Waals surface area contributed by atoms with Crippen molar-refractivity contribution in [3.05, 3.63) is 64.7 Å². The first-order chi connectivity index (χ1) is 12.4. The number of methoxy groups -OCH3 is 1. The lowest BCUT2D eigenvalue weighted by Gasteiger charge is -2.12. The summed E-state index contributed by atoms with van der Waals surface area (Å²) in [6.07, 6.45) is 2.12. The summed E-state index contributed by atoms with van der Waals surface area (Å²) >= 11 is 0. The van der Waals surface area contributed by atoms with Gasteiger partial charge in [0.25, 0.3) is 0 Å². The van der Waals surface area contributed by atoms with E-state index in [1.165, 1.54) is 0 Å². The molecule has 0 amide bonds. The third kappa shape index (κ3) is 3.36. The van der Waals surface area contributed by atoms with Crippen LogP contribution in [0.25, 0.3) is 17.2 Å². The second-order valence-electron chi connectivity index (χ2n) is 6.63. The number of benzene rings is 2. The van der Waals surface area contributed by atoms with Crippen molar-refractivity contribution in [2.24, 2.45) is 0 Å². The second kappa shape index (κ2) is 7.08. The number of allylic oxidation sites excluding steroid dienone is 2. The molecule has 2 aromatic rings. The van der Waals surface area contributed by atoms with Crippen LogP contribution in [0.1, 0.15) is 30.0 Å². The molecule has 0 heterocycles. The summed E-state index contributed by atoms with van der Waals surface area (Å²) in [6, 6.07) is 14.2. The smallest absolute Gasteiger partial charge is 0.307 e. The van der Waals surface area contributed by atoms with Crippen LogP contribution >= 0.6 is 0 Å². The summed E-state index contributed by atoms with van der Waals surface area (Å²) in [4.78, 5) is 13.4. The van der Waals surface area contributed by atoms with Crippen molar-refractivity contribution in [3.63, 3.8) is 0 Å². The predicted molar refractivity (Wildman–Crippen MR) is 106 cm³/mol. The van der Waals surface area contributed by atoms with Crippen molar-refractivity contribution in [2.75, 3.05) is 26.1 Å². The van der Waals surface area contributed by atoms with Crippen LogP contribution in [0.3, 0.4) is 0 Å². The maximum Gasteiger partial charge on any atom is 0.307 e. The Morgan fingerprint density at radius 1 is 1.12 bits per heavy atom. The van der Waals surface area contributed by atoms with Crippen LogP contribution < -0.4 is 9.64 Å². The lowest BCUT2D eigenvalue weighted by atomic mass is 10.0. The van der Waals surface area contributed by atoms with Gasteiger partial charge in [-0.25, -0.2) is 0 Å². The summed E-state index contributed by atoms with van der Waals surface area (Å²) < 4.78 is 5.32. The quantitative estimate of drug-likeness (QED) is 0.859. The van der Waals surface area contributed by atoms with Crippen molar-refractivity contribution in [2.45, 2.75) is 13.3 Å². The third-order valence-electron chi connectivity index (χ3n) is 4.75. The number of fused-ring (bicyclic) bond motifs is 1. The van der Waals surface area contributed by atoms with Crippen LogP contribution in [-0.4, -0.2) is 32.3 Å². The maximum absolute atomic E-state index is 11.3. The van der Waals surface area contributed by atoms with Crippen molar-refractivity contribution in [1.82, 2.24) is 0 Å². The number of rotatable bonds is 5. The Balaban J connectivity index is 2.09. The number of anilines is 1. The number of carboxylic acid groups (broad SMARTS) is 1. The van der Waals surface area contributed by atoms with Crippen molar-refractivity contribution < 1.29 is 14.6 Å². The van der Waals surface area contributed by atoms with Gasteiger partial charge < -0.3 is 14.7 Å². The number of nitrogens with zero attached hydrogens (tertiary/aromatic N) is 1. The van der Waals surface area contributed by atoms with Crippen molar-refractivity contribution in [1.29, 1.82) is 0 Å². The molecule has 4 heteroatoms. The van der Waals surface area contributed by atoms with Gasteiger partial charge in [0.15, 0.2) is 0 Å². The molecular formula is C22H23NO3. The first kappa shape index (κ1) is 17.8. The van der Waals surface area contributed by atoms with Gasteiger partial charge in [0.1, 0.15) is 5.75 Å². The van der Waals surface area contributed by atoms with Gasteiger partial charge in [-0.3, -0.25) is 4.79 Å². The van der Waals surface area contributed by atoms with E-state index < -0.39 is 5.97 Å². The van der Waals surface area contributed by atoms with Gasteiger partial charge in [0.05, 0.1) is 13.5 Å². The molecule has 134 valence electrons. The van der Waals surface area contributed by atoms with E-state index in [-0.39, 0.29) is 6.42 Å². The standard InChI is InChI=1S/C22H23NO3/c1-14-19(11-15-5-7-16(8-6-15)23(2)3)18-10-9-17(26-4)12-21(18)20(14)13-22(24)25/h5-12H,13H2,1-4H3,(H,24,25). The highest BCUT2D eigenvalue weighted by molar-refractivity contribution is 6.07. The monoisotopic (exact) mass is 349 g/mol. The molecule has 0 bridgehead atoms. The lowest BCUT2D eigenvalue weighted by Crippen LogP contribution is -2.07. The molecule has 0 saturated heterocycles. The zero-order chi connectivity index (χ0) is 18.8.